The molecule has 0 aliphatic rings. The second-order valence-corrected chi connectivity index (χ2v) is 4.94. The summed E-state index contributed by atoms with van der Waals surface area (Å²) in [5.74, 6) is 0.745. The van der Waals surface area contributed by atoms with Crippen LogP contribution in [0.5, 0.6) is 0 Å². The van der Waals surface area contributed by atoms with Crippen LogP contribution in [-0.2, 0) is 0 Å². The molecule has 2 heterocycles. The van der Waals surface area contributed by atoms with Gasteiger partial charge < -0.3 is 5.32 Å². The minimum absolute atomic E-state index is 0.233. The quantitative estimate of drug-likeness (QED) is 0.771. The molecule has 2 aromatic heterocycles. The number of hydrogen-bond donors (Lipinski definition) is 2. The van der Waals surface area contributed by atoms with E-state index in [1.54, 1.807) is 18.2 Å². The Morgan fingerprint density at radius 1 is 1.18 bits per heavy atom. The van der Waals surface area contributed by atoms with E-state index in [1.165, 1.54) is 0 Å². The number of anilines is 1. The first-order valence-corrected chi connectivity index (χ1v) is 6.72. The lowest BCUT2D eigenvalue weighted by Crippen LogP contribution is -2.13. The van der Waals surface area contributed by atoms with Gasteiger partial charge in [-0.2, -0.15) is 5.21 Å². The molecular formula is C15H14N6O. The summed E-state index contributed by atoms with van der Waals surface area (Å²) in [6.45, 7) is 3.85. The van der Waals surface area contributed by atoms with Crippen LogP contribution >= 0.6 is 0 Å². The number of rotatable bonds is 3. The van der Waals surface area contributed by atoms with E-state index in [2.05, 4.69) is 30.9 Å². The number of aromatic nitrogens is 5. The highest BCUT2D eigenvalue weighted by molar-refractivity contribution is 6.04. The van der Waals surface area contributed by atoms with Crippen LogP contribution in [0.2, 0.25) is 0 Å². The van der Waals surface area contributed by atoms with Gasteiger partial charge in [-0.05, 0) is 48.9 Å². The van der Waals surface area contributed by atoms with E-state index in [0.29, 0.717) is 17.2 Å². The fourth-order valence-corrected chi connectivity index (χ4v) is 2.18. The number of pyridine rings is 1. The maximum absolute atomic E-state index is 12.3. The van der Waals surface area contributed by atoms with Crippen LogP contribution < -0.4 is 5.32 Å². The van der Waals surface area contributed by atoms with Crippen molar-refractivity contribution < 1.29 is 4.79 Å². The number of hydrogen-bond acceptors (Lipinski definition) is 5. The molecule has 7 nitrogen and oxygen atoms in total. The van der Waals surface area contributed by atoms with E-state index in [9.17, 15) is 4.79 Å². The normalized spacial score (nSPS) is 10.5. The van der Waals surface area contributed by atoms with Crippen LogP contribution in [-0.4, -0.2) is 31.5 Å². The molecule has 3 aromatic rings. The van der Waals surface area contributed by atoms with Gasteiger partial charge in [-0.25, -0.2) is 4.98 Å². The standard InChI is InChI=1S/C15H14N6O/c1-9-6-10(2)16-13(7-9)17-15(22)12-5-3-4-11(8-12)14-18-20-21-19-14/h3-8H,1-2H3,(H,16,17,22)(H,18,19,20,21). The molecule has 0 aliphatic carbocycles. The largest absolute Gasteiger partial charge is 0.307 e. The molecule has 7 heteroatoms. The highest BCUT2D eigenvalue weighted by Gasteiger charge is 2.10. The second-order valence-electron chi connectivity index (χ2n) is 4.94. The predicted octanol–water partition coefficient (Wildman–Crippen LogP) is 2.13. The summed E-state index contributed by atoms with van der Waals surface area (Å²) in [6.07, 6.45) is 0. The van der Waals surface area contributed by atoms with Gasteiger partial charge in [-0.1, -0.05) is 12.1 Å². The fourth-order valence-electron chi connectivity index (χ4n) is 2.18. The van der Waals surface area contributed by atoms with Crippen LogP contribution in [0.3, 0.4) is 0 Å². The highest BCUT2D eigenvalue weighted by atomic mass is 16.1. The van der Waals surface area contributed by atoms with Crippen molar-refractivity contribution in [1.82, 2.24) is 25.6 Å². The lowest BCUT2D eigenvalue weighted by atomic mass is 10.1. The van der Waals surface area contributed by atoms with Crippen LogP contribution in [0, 0.1) is 13.8 Å². The molecule has 1 aromatic carbocycles. The highest BCUT2D eigenvalue weighted by Crippen LogP contribution is 2.16. The van der Waals surface area contributed by atoms with Gasteiger partial charge in [0.1, 0.15) is 5.82 Å². The number of carbonyl (C=O) groups is 1. The van der Waals surface area contributed by atoms with E-state index in [1.807, 2.05) is 32.0 Å². The summed E-state index contributed by atoms with van der Waals surface area (Å²) in [5, 5.41) is 16.5. The second kappa shape index (κ2) is 5.72. The minimum Gasteiger partial charge on any atom is -0.307 e. The lowest BCUT2D eigenvalue weighted by Gasteiger charge is -2.07. The molecule has 0 fully saturated rings. The van der Waals surface area contributed by atoms with Crippen LogP contribution in [0.15, 0.2) is 36.4 Å². The Labute approximate surface area is 126 Å². The Balaban J connectivity index is 1.85. The van der Waals surface area contributed by atoms with Crippen molar-refractivity contribution in [3.8, 4) is 11.4 Å². The molecule has 22 heavy (non-hydrogen) atoms. The SMILES string of the molecule is Cc1cc(C)nc(NC(=O)c2cccc(-c3nn[nH]n3)c2)c1. The number of carbonyl (C=O) groups excluding carboxylic acids is 1. The average Bonchev–Trinajstić information content (AvgIpc) is 3.00. The van der Waals surface area contributed by atoms with Gasteiger partial charge in [0.05, 0.1) is 0 Å². The first kappa shape index (κ1) is 13.9. The first-order valence-electron chi connectivity index (χ1n) is 6.72. The molecule has 110 valence electrons. The Morgan fingerprint density at radius 3 is 2.77 bits per heavy atom. The molecule has 0 saturated heterocycles. The Morgan fingerprint density at radius 2 is 2.05 bits per heavy atom. The zero-order chi connectivity index (χ0) is 15.5. The smallest absolute Gasteiger partial charge is 0.256 e. The third-order valence-corrected chi connectivity index (χ3v) is 3.07. The Hall–Kier alpha value is -3.09. The van der Waals surface area contributed by atoms with Gasteiger partial charge in [0.25, 0.3) is 5.91 Å². The fraction of sp³-hybridized carbons (Fsp3) is 0.133. The molecule has 0 unspecified atom stereocenters. The molecule has 2 N–H and O–H groups in total. The predicted molar refractivity (Wildman–Crippen MR) is 81.3 cm³/mol. The minimum atomic E-state index is -0.233. The molecule has 1 amide bonds. The topological polar surface area (TPSA) is 96.5 Å². The Kier molecular flexibility index (Phi) is 3.61. The van der Waals surface area contributed by atoms with Crippen molar-refractivity contribution in [2.24, 2.45) is 0 Å². The van der Waals surface area contributed by atoms with Crippen molar-refractivity contribution >= 4 is 11.7 Å². The molecule has 0 atom stereocenters. The number of H-pyrrole nitrogens is 1. The van der Waals surface area contributed by atoms with Crippen LogP contribution in [0.25, 0.3) is 11.4 Å². The van der Waals surface area contributed by atoms with E-state index < -0.39 is 0 Å². The maximum Gasteiger partial charge on any atom is 0.256 e. The molecule has 0 saturated carbocycles. The molecule has 0 radical (unpaired) electrons. The first-order chi connectivity index (χ1) is 10.6. The number of benzene rings is 1. The summed E-state index contributed by atoms with van der Waals surface area (Å²) >= 11 is 0. The number of aryl methyl sites for hydroxylation is 2. The van der Waals surface area contributed by atoms with Crippen LogP contribution in [0.4, 0.5) is 5.82 Å². The van der Waals surface area contributed by atoms with Gasteiger partial charge in [-0.15, -0.1) is 10.2 Å². The summed E-state index contributed by atoms with van der Waals surface area (Å²) in [7, 11) is 0. The maximum atomic E-state index is 12.3. The molecule has 0 bridgehead atoms. The third kappa shape index (κ3) is 2.98. The number of nitrogens with one attached hydrogen (secondary N) is 2. The molecular weight excluding hydrogens is 280 g/mol. The average molecular weight is 294 g/mol. The van der Waals surface area contributed by atoms with Crippen molar-refractivity contribution in [3.63, 3.8) is 0 Å². The van der Waals surface area contributed by atoms with Crippen molar-refractivity contribution in [2.45, 2.75) is 13.8 Å². The van der Waals surface area contributed by atoms with Gasteiger partial charge in [0, 0.05) is 16.8 Å². The van der Waals surface area contributed by atoms with Gasteiger partial charge in [0.15, 0.2) is 0 Å². The van der Waals surface area contributed by atoms with Crippen molar-refractivity contribution in [2.75, 3.05) is 5.32 Å². The van der Waals surface area contributed by atoms with Crippen molar-refractivity contribution in [3.05, 3.63) is 53.2 Å². The van der Waals surface area contributed by atoms with Crippen molar-refractivity contribution in [1.29, 1.82) is 0 Å². The van der Waals surface area contributed by atoms with Crippen LogP contribution in [0.1, 0.15) is 21.6 Å². The number of nitrogens with zero attached hydrogens (tertiary/aromatic N) is 4. The summed E-state index contributed by atoms with van der Waals surface area (Å²) in [5.41, 5.74) is 3.12. The van der Waals surface area contributed by atoms with Gasteiger partial charge in [-0.3, -0.25) is 4.79 Å². The zero-order valence-electron chi connectivity index (χ0n) is 12.2. The zero-order valence-corrected chi connectivity index (χ0v) is 12.2. The summed E-state index contributed by atoms with van der Waals surface area (Å²) < 4.78 is 0. The molecule has 3 rings (SSSR count). The number of aromatic amines is 1. The van der Waals surface area contributed by atoms with Gasteiger partial charge >= 0.3 is 0 Å². The summed E-state index contributed by atoms with van der Waals surface area (Å²) in [6, 6.07) is 10.8. The number of tetrazole rings is 1. The van der Waals surface area contributed by atoms with E-state index in [4.69, 9.17) is 0 Å². The Bertz CT molecular complexity index is 792. The monoisotopic (exact) mass is 294 g/mol. The summed E-state index contributed by atoms with van der Waals surface area (Å²) in [4.78, 5) is 16.6. The van der Waals surface area contributed by atoms with Gasteiger partial charge in [0.2, 0.25) is 5.82 Å². The van der Waals surface area contributed by atoms with E-state index in [0.717, 1.165) is 16.8 Å². The molecule has 0 spiro atoms. The van der Waals surface area contributed by atoms with E-state index in [-0.39, 0.29) is 5.91 Å². The third-order valence-electron chi connectivity index (χ3n) is 3.07. The lowest BCUT2D eigenvalue weighted by molar-refractivity contribution is 0.102. The number of amides is 1. The molecule has 0 aliphatic heterocycles. The van der Waals surface area contributed by atoms with E-state index >= 15 is 0 Å².